The molecule has 0 radical (unpaired) electrons. The Morgan fingerprint density at radius 2 is 1.81 bits per heavy atom. The summed E-state index contributed by atoms with van der Waals surface area (Å²) in [7, 11) is 3.08. The van der Waals surface area contributed by atoms with Crippen LogP contribution in [0.4, 0.5) is 4.79 Å². The number of hydrogen-bond acceptors (Lipinski definition) is 8. The van der Waals surface area contributed by atoms with Crippen LogP contribution in [0.15, 0.2) is 36.6 Å². The van der Waals surface area contributed by atoms with Crippen LogP contribution in [0.5, 0.6) is 5.75 Å². The maximum absolute atomic E-state index is 13.3. The van der Waals surface area contributed by atoms with E-state index in [1.807, 2.05) is 24.3 Å². The molecule has 0 N–H and O–H groups in total. The Labute approximate surface area is 220 Å². The van der Waals surface area contributed by atoms with Crippen molar-refractivity contribution in [1.82, 2.24) is 4.90 Å². The van der Waals surface area contributed by atoms with E-state index >= 15 is 0 Å². The third-order valence-corrected chi connectivity index (χ3v) is 6.02. The molecule has 37 heavy (non-hydrogen) atoms. The van der Waals surface area contributed by atoms with Crippen LogP contribution < -0.4 is 4.74 Å². The van der Waals surface area contributed by atoms with Gasteiger partial charge in [0.1, 0.15) is 36.3 Å². The topological polar surface area (TPSA) is 101 Å². The third kappa shape index (κ3) is 9.72. The second kappa shape index (κ2) is 14.0. The van der Waals surface area contributed by atoms with E-state index in [4.69, 9.17) is 23.7 Å². The van der Waals surface area contributed by atoms with Crippen molar-refractivity contribution in [2.24, 2.45) is 5.92 Å². The van der Waals surface area contributed by atoms with Gasteiger partial charge in [-0.3, -0.25) is 9.69 Å². The number of nitrogens with zero attached hydrogens (tertiary/aromatic N) is 1. The second-order valence-corrected chi connectivity index (χ2v) is 10.3. The molecule has 1 aliphatic heterocycles. The Kier molecular flexibility index (Phi) is 11.4. The van der Waals surface area contributed by atoms with Crippen molar-refractivity contribution in [1.29, 1.82) is 0 Å². The van der Waals surface area contributed by atoms with Gasteiger partial charge in [-0.2, -0.15) is 0 Å². The summed E-state index contributed by atoms with van der Waals surface area (Å²) in [6, 6.07) is 6.93. The van der Waals surface area contributed by atoms with Crippen molar-refractivity contribution < 1.29 is 38.1 Å². The maximum atomic E-state index is 13.3. The molecule has 1 fully saturated rings. The molecule has 1 amide bonds. The fraction of sp³-hybridized carbons (Fsp3) is 0.607. The highest BCUT2D eigenvalue weighted by Crippen LogP contribution is 2.29. The average molecular weight is 520 g/mol. The summed E-state index contributed by atoms with van der Waals surface area (Å²) in [5, 5.41) is 0. The molecule has 9 nitrogen and oxygen atoms in total. The van der Waals surface area contributed by atoms with Gasteiger partial charge in [0.25, 0.3) is 0 Å². The Hall–Kier alpha value is -3.07. The molecule has 9 heteroatoms. The highest BCUT2D eigenvalue weighted by molar-refractivity contribution is 5.86. The van der Waals surface area contributed by atoms with Gasteiger partial charge < -0.3 is 23.7 Å². The Morgan fingerprint density at radius 1 is 1.14 bits per heavy atom. The fourth-order valence-electron chi connectivity index (χ4n) is 4.31. The first-order chi connectivity index (χ1) is 17.4. The third-order valence-electron chi connectivity index (χ3n) is 6.02. The van der Waals surface area contributed by atoms with E-state index in [9.17, 15) is 14.4 Å². The first-order valence-corrected chi connectivity index (χ1v) is 12.6. The minimum atomic E-state index is -0.870. The number of esters is 1. The fourth-order valence-corrected chi connectivity index (χ4v) is 4.31. The Morgan fingerprint density at radius 3 is 2.38 bits per heavy atom. The van der Waals surface area contributed by atoms with E-state index in [0.29, 0.717) is 25.7 Å². The van der Waals surface area contributed by atoms with Gasteiger partial charge in [0.05, 0.1) is 13.4 Å². The van der Waals surface area contributed by atoms with Crippen LogP contribution in [0.3, 0.4) is 0 Å². The zero-order valence-corrected chi connectivity index (χ0v) is 23.0. The van der Waals surface area contributed by atoms with Crippen LogP contribution >= 0.6 is 0 Å². The van der Waals surface area contributed by atoms with Crippen LogP contribution in [-0.2, 0) is 35.0 Å². The SMILES string of the molecule is COCN(C(=O)OC(C)(C)C)C1CCCC(Cc2ccc(OC)cc2)C(OC=CC(C)=O)C(C)OC1=O. The number of allylic oxidation sites excluding steroid dienone is 1. The lowest BCUT2D eigenvalue weighted by Gasteiger charge is -2.32. The standard InChI is InChI=1S/C28H41NO8/c1-19(30)15-16-35-25-20(2)36-26(31)24(29(18-33-6)27(32)37-28(3,4)5)10-8-9-22(25)17-21-11-13-23(34-7)14-12-21/h11-16,20,22,24-25H,8-10,17-18H2,1-7H3. The largest absolute Gasteiger partial charge is 0.497 e. The predicted molar refractivity (Wildman–Crippen MR) is 138 cm³/mol. The van der Waals surface area contributed by atoms with Crippen LogP contribution in [-0.4, -0.2) is 67.5 Å². The number of ether oxygens (including phenoxy) is 5. The summed E-state index contributed by atoms with van der Waals surface area (Å²) in [5.74, 6) is 0.0431. The summed E-state index contributed by atoms with van der Waals surface area (Å²) in [6.07, 6.45) is 3.31. The first-order valence-electron chi connectivity index (χ1n) is 12.6. The summed E-state index contributed by atoms with van der Waals surface area (Å²) in [4.78, 5) is 39.0. The van der Waals surface area contributed by atoms with Crippen LogP contribution in [0.25, 0.3) is 0 Å². The minimum Gasteiger partial charge on any atom is -0.497 e. The first kappa shape index (κ1) is 30.2. The second-order valence-electron chi connectivity index (χ2n) is 10.3. The van der Waals surface area contributed by atoms with Crippen LogP contribution in [0, 0.1) is 5.92 Å². The van der Waals surface area contributed by atoms with E-state index in [0.717, 1.165) is 11.3 Å². The maximum Gasteiger partial charge on any atom is 0.412 e. The number of benzene rings is 1. The number of carbonyl (C=O) groups excluding carboxylic acids is 3. The summed E-state index contributed by atoms with van der Waals surface area (Å²) >= 11 is 0. The molecule has 0 aliphatic carbocycles. The molecule has 0 spiro atoms. The van der Waals surface area contributed by atoms with Gasteiger partial charge in [0.15, 0.2) is 5.78 Å². The van der Waals surface area contributed by atoms with Gasteiger partial charge in [-0.1, -0.05) is 18.6 Å². The number of methoxy groups -OCH3 is 2. The van der Waals surface area contributed by atoms with E-state index in [1.54, 1.807) is 34.8 Å². The lowest BCUT2D eigenvalue weighted by atomic mass is 9.86. The minimum absolute atomic E-state index is 0.0241. The number of rotatable bonds is 9. The predicted octanol–water partition coefficient (Wildman–Crippen LogP) is 4.67. The molecule has 0 bridgehead atoms. The molecule has 0 aromatic heterocycles. The Bertz CT molecular complexity index is 921. The normalized spacial score (nSPS) is 22.8. The molecular weight excluding hydrogens is 478 g/mol. The molecule has 1 heterocycles. The number of carbonyl (C=O) groups is 3. The van der Waals surface area contributed by atoms with Gasteiger partial charge in [-0.05, 0) is 71.6 Å². The summed E-state index contributed by atoms with van der Waals surface area (Å²) in [5.41, 5.74) is 0.351. The zero-order valence-electron chi connectivity index (χ0n) is 23.0. The van der Waals surface area contributed by atoms with E-state index in [-0.39, 0.29) is 18.4 Å². The van der Waals surface area contributed by atoms with E-state index < -0.39 is 35.9 Å². The summed E-state index contributed by atoms with van der Waals surface area (Å²) < 4.78 is 27.9. The monoisotopic (exact) mass is 519 g/mol. The van der Waals surface area contributed by atoms with Crippen LogP contribution in [0.2, 0.25) is 0 Å². The van der Waals surface area contributed by atoms with Crippen molar-refractivity contribution in [2.45, 2.75) is 84.2 Å². The lowest BCUT2D eigenvalue weighted by molar-refractivity contribution is -0.163. The van der Waals surface area contributed by atoms with Crippen molar-refractivity contribution >= 4 is 17.8 Å². The molecule has 0 saturated carbocycles. The van der Waals surface area contributed by atoms with Gasteiger partial charge >= 0.3 is 12.1 Å². The van der Waals surface area contributed by atoms with Gasteiger partial charge in [-0.15, -0.1) is 0 Å². The molecule has 4 atom stereocenters. The van der Waals surface area contributed by atoms with Crippen molar-refractivity contribution in [3.8, 4) is 5.75 Å². The molecule has 1 aliphatic rings. The zero-order chi connectivity index (χ0) is 27.6. The highest BCUT2D eigenvalue weighted by Gasteiger charge is 2.39. The van der Waals surface area contributed by atoms with Gasteiger partial charge in [0.2, 0.25) is 0 Å². The van der Waals surface area contributed by atoms with Crippen molar-refractivity contribution in [3.63, 3.8) is 0 Å². The number of amides is 1. The number of ketones is 1. The van der Waals surface area contributed by atoms with Gasteiger partial charge in [-0.25, -0.2) is 9.59 Å². The lowest BCUT2D eigenvalue weighted by Crippen LogP contribution is -2.49. The van der Waals surface area contributed by atoms with E-state index in [2.05, 4.69) is 0 Å². The highest BCUT2D eigenvalue weighted by atomic mass is 16.6. The van der Waals surface area contributed by atoms with Gasteiger partial charge in [0, 0.05) is 19.1 Å². The van der Waals surface area contributed by atoms with Crippen LogP contribution in [0.1, 0.15) is 59.4 Å². The quantitative estimate of drug-likeness (QED) is 0.201. The average Bonchev–Trinajstić information content (AvgIpc) is 2.86. The summed E-state index contributed by atoms with van der Waals surface area (Å²) in [6.45, 7) is 8.38. The van der Waals surface area contributed by atoms with Crippen molar-refractivity contribution in [3.05, 3.63) is 42.2 Å². The molecule has 1 aromatic rings. The Balaban J connectivity index is 2.33. The molecule has 1 saturated heterocycles. The number of hydrogen-bond donors (Lipinski definition) is 0. The molecule has 2 rings (SSSR count). The molecule has 4 unspecified atom stereocenters. The molecular formula is C28H41NO8. The smallest absolute Gasteiger partial charge is 0.412 e. The van der Waals surface area contributed by atoms with E-state index in [1.165, 1.54) is 31.3 Å². The molecule has 1 aromatic carbocycles. The van der Waals surface area contributed by atoms with Crippen molar-refractivity contribution in [2.75, 3.05) is 21.0 Å². The number of cyclic esters (lactones) is 1. The molecule has 206 valence electrons.